The molecule has 33 heavy (non-hydrogen) atoms. The van der Waals surface area contributed by atoms with Gasteiger partial charge in [-0.25, -0.2) is 9.97 Å². The summed E-state index contributed by atoms with van der Waals surface area (Å²) in [7, 11) is 0. The summed E-state index contributed by atoms with van der Waals surface area (Å²) in [5.74, 6) is 0.473. The Morgan fingerprint density at radius 1 is 1.21 bits per heavy atom. The van der Waals surface area contributed by atoms with Crippen molar-refractivity contribution < 1.29 is 9.53 Å². The summed E-state index contributed by atoms with van der Waals surface area (Å²) in [5, 5.41) is 4.04. The molecule has 2 aliphatic heterocycles. The van der Waals surface area contributed by atoms with Crippen molar-refractivity contribution in [2.45, 2.75) is 12.5 Å². The van der Waals surface area contributed by atoms with Gasteiger partial charge in [0.05, 0.1) is 30.1 Å². The van der Waals surface area contributed by atoms with Crippen LogP contribution in [0.5, 0.6) is 0 Å². The Labute approximate surface area is 200 Å². The number of aromatic nitrogens is 3. The van der Waals surface area contributed by atoms with Crippen molar-refractivity contribution in [2.75, 3.05) is 36.5 Å². The molecule has 8 nitrogen and oxygen atoms in total. The number of carbonyl (C=O) groups is 1. The zero-order valence-electron chi connectivity index (χ0n) is 17.9. The normalized spacial score (nSPS) is 19.8. The lowest BCUT2D eigenvalue weighted by Gasteiger charge is -2.32. The van der Waals surface area contributed by atoms with Crippen molar-refractivity contribution in [3.63, 3.8) is 0 Å². The third kappa shape index (κ3) is 4.03. The molecule has 0 radical (unpaired) electrons. The second-order valence-corrected chi connectivity index (χ2v) is 9.09. The highest BCUT2D eigenvalue weighted by atomic mass is 35.5. The number of ether oxygens (including phenoxy) is 1. The molecule has 2 aromatic heterocycles. The van der Waals surface area contributed by atoms with Gasteiger partial charge in [-0.2, -0.15) is 0 Å². The van der Waals surface area contributed by atoms with Crippen LogP contribution in [0.4, 0.5) is 11.5 Å². The summed E-state index contributed by atoms with van der Waals surface area (Å²) >= 11 is 7.56. The van der Waals surface area contributed by atoms with E-state index < -0.39 is 5.54 Å². The van der Waals surface area contributed by atoms with Gasteiger partial charge in [0, 0.05) is 31.7 Å². The van der Waals surface area contributed by atoms with Gasteiger partial charge in [-0.1, -0.05) is 23.7 Å². The predicted molar refractivity (Wildman–Crippen MR) is 130 cm³/mol. The summed E-state index contributed by atoms with van der Waals surface area (Å²) in [6, 6.07) is 5.49. The SMILES string of the molecule is Cc1cccc(Cl)c1NC(=O)c1cnc(C2(c3nccnc3N3CCOCC3)C=CC=N2)s1. The minimum Gasteiger partial charge on any atom is -0.378 e. The molecule has 1 N–H and O–H groups in total. The number of carbonyl (C=O) groups excluding carboxylic acids is 1. The second kappa shape index (κ2) is 9.01. The number of aliphatic imine (C=N–C) groups is 1. The molecule has 10 heteroatoms. The highest BCUT2D eigenvalue weighted by Crippen LogP contribution is 2.42. The highest BCUT2D eigenvalue weighted by Gasteiger charge is 2.41. The first-order chi connectivity index (χ1) is 16.1. The van der Waals surface area contributed by atoms with E-state index >= 15 is 0 Å². The molecule has 0 aliphatic carbocycles. The third-order valence-electron chi connectivity index (χ3n) is 5.57. The Morgan fingerprint density at radius 2 is 2.03 bits per heavy atom. The van der Waals surface area contributed by atoms with Gasteiger partial charge in [-0.05, 0) is 30.7 Å². The fourth-order valence-corrected chi connectivity index (χ4v) is 5.09. The molecule has 168 valence electrons. The lowest BCUT2D eigenvalue weighted by molar-refractivity contribution is 0.103. The average molecular weight is 481 g/mol. The van der Waals surface area contributed by atoms with Crippen molar-refractivity contribution in [3.05, 3.63) is 75.1 Å². The molecule has 0 spiro atoms. The van der Waals surface area contributed by atoms with E-state index in [1.807, 2.05) is 31.2 Å². The van der Waals surface area contributed by atoms with Crippen LogP contribution in [-0.4, -0.2) is 53.4 Å². The molecule has 1 unspecified atom stereocenters. The maximum Gasteiger partial charge on any atom is 0.267 e. The maximum atomic E-state index is 13.0. The molecule has 1 fully saturated rings. The zero-order valence-corrected chi connectivity index (χ0v) is 19.4. The Morgan fingerprint density at radius 3 is 2.79 bits per heavy atom. The highest BCUT2D eigenvalue weighted by molar-refractivity contribution is 7.14. The van der Waals surface area contributed by atoms with Gasteiger partial charge in [0.15, 0.2) is 11.4 Å². The lowest BCUT2D eigenvalue weighted by Crippen LogP contribution is -2.39. The van der Waals surface area contributed by atoms with Gasteiger partial charge in [0.2, 0.25) is 0 Å². The van der Waals surface area contributed by atoms with Crippen molar-refractivity contribution in [1.82, 2.24) is 15.0 Å². The molecular formula is C23H21ClN6O2S. The molecule has 1 aromatic carbocycles. The van der Waals surface area contributed by atoms with Crippen LogP contribution in [0.15, 0.2) is 53.9 Å². The maximum absolute atomic E-state index is 13.0. The van der Waals surface area contributed by atoms with Crippen LogP contribution in [0.1, 0.15) is 25.9 Å². The van der Waals surface area contributed by atoms with Gasteiger partial charge in [0.1, 0.15) is 15.6 Å². The summed E-state index contributed by atoms with van der Waals surface area (Å²) in [4.78, 5) is 34.2. The Balaban J connectivity index is 1.50. The van der Waals surface area contributed by atoms with E-state index in [1.165, 1.54) is 11.3 Å². The van der Waals surface area contributed by atoms with Crippen molar-refractivity contribution in [2.24, 2.45) is 4.99 Å². The molecule has 0 saturated carbocycles. The molecule has 1 amide bonds. The van der Waals surface area contributed by atoms with Crippen LogP contribution < -0.4 is 10.2 Å². The van der Waals surface area contributed by atoms with Crippen LogP contribution in [0, 0.1) is 6.92 Å². The van der Waals surface area contributed by atoms with Crippen molar-refractivity contribution in [3.8, 4) is 0 Å². The van der Waals surface area contributed by atoms with E-state index in [1.54, 1.807) is 30.9 Å². The second-order valence-electron chi connectivity index (χ2n) is 7.65. The molecule has 1 saturated heterocycles. The first kappa shape index (κ1) is 21.7. The van der Waals surface area contributed by atoms with Gasteiger partial charge >= 0.3 is 0 Å². The van der Waals surface area contributed by atoms with Crippen LogP contribution in [0.3, 0.4) is 0 Å². The number of halogens is 1. The number of benzene rings is 1. The number of nitrogens with one attached hydrogen (secondary N) is 1. The van der Waals surface area contributed by atoms with Crippen LogP contribution in [-0.2, 0) is 10.3 Å². The predicted octanol–water partition coefficient (Wildman–Crippen LogP) is 3.87. The van der Waals surface area contributed by atoms with Crippen molar-refractivity contribution in [1.29, 1.82) is 0 Å². The number of para-hydroxylation sites is 1. The summed E-state index contributed by atoms with van der Waals surface area (Å²) in [6.45, 7) is 4.60. The molecule has 2 aliphatic rings. The number of hydrogen-bond donors (Lipinski definition) is 1. The minimum absolute atomic E-state index is 0.274. The number of morpholine rings is 1. The van der Waals surface area contributed by atoms with E-state index in [2.05, 4.69) is 25.2 Å². The first-order valence-electron chi connectivity index (χ1n) is 10.5. The number of thiazole rings is 1. The standard InChI is InChI=1S/C23H21ClN6O2S/c1-15-4-2-5-16(24)18(15)29-21(31)17-14-27-22(33-17)23(6-3-7-28-23)19-20(26-9-8-25-19)30-10-12-32-13-11-30/h2-9,14H,10-13H2,1H3,(H,29,31). The Hall–Kier alpha value is -3.14. The van der Waals surface area contributed by atoms with E-state index in [0.717, 1.165) is 24.5 Å². The van der Waals surface area contributed by atoms with Crippen LogP contribution >= 0.6 is 22.9 Å². The first-order valence-corrected chi connectivity index (χ1v) is 11.7. The Kier molecular flexibility index (Phi) is 5.92. The van der Waals surface area contributed by atoms with E-state index in [4.69, 9.17) is 21.3 Å². The number of rotatable bonds is 5. The van der Waals surface area contributed by atoms with E-state index in [-0.39, 0.29) is 5.91 Å². The van der Waals surface area contributed by atoms with E-state index in [9.17, 15) is 4.79 Å². The molecule has 0 bridgehead atoms. The minimum atomic E-state index is -0.939. The number of nitrogens with zero attached hydrogens (tertiary/aromatic N) is 5. The van der Waals surface area contributed by atoms with E-state index in [0.29, 0.717) is 39.5 Å². The fraction of sp³-hybridized carbons (Fsp3) is 0.261. The fourth-order valence-electron chi connectivity index (χ4n) is 3.88. The number of amides is 1. The molecular weight excluding hydrogens is 460 g/mol. The summed E-state index contributed by atoms with van der Waals surface area (Å²) in [6.07, 6.45) is 10.4. The van der Waals surface area contributed by atoms with Gasteiger partial charge in [-0.15, -0.1) is 11.3 Å². The van der Waals surface area contributed by atoms with Crippen LogP contribution in [0.2, 0.25) is 5.02 Å². The number of anilines is 2. The summed E-state index contributed by atoms with van der Waals surface area (Å²) < 4.78 is 5.49. The number of aryl methyl sites for hydroxylation is 1. The smallest absolute Gasteiger partial charge is 0.267 e. The lowest BCUT2D eigenvalue weighted by atomic mass is 9.96. The number of allylic oxidation sites excluding steroid dienone is 1. The Bertz CT molecular complexity index is 1220. The van der Waals surface area contributed by atoms with Crippen molar-refractivity contribution >= 4 is 46.6 Å². The molecule has 3 aromatic rings. The van der Waals surface area contributed by atoms with Crippen LogP contribution in [0.25, 0.3) is 0 Å². The summed E-state index contributed by atoms with van der Waals surface area (Å²) in [5.41, 5.74) is 1.22. The van der Waals surface area contributed by atoms with Gasteiger partial charge < -0.3 is 15.0 Å². The molecule has 5 rings (SSSR count). The third-order valence-corrected chi connectivity index (χ3v) is 7.00. The van der Waals surface area contributed by atoms with Gasteiger partial charge in [-0.3, -0.25) is 14.8 Å². The molecule has 1 atom stereocenters. The zero-order chi connectivity index (χ0) is 22.8. The van der Waals surface area contributed by atoms with Gasteiger partial charge in [0.25, 0.3) is 5.91 Å². The number of hydrogen-bond acceptors (Lipinski definition) is 8. The quantitative estimate of drug-likeness (QED) is 0.596. The monoisotopic (exact) mass is 480 g/mol. The average Bonchev–Trinajstić information content (AvgIpc) is 3.53. The largest absolute Gasteiger partial charge is 0.378 e. The molecule has 4 heterocycles. The topological polar surface area (TPSA) is 92.6 Å².